The van der Waals surface area contributed by atoms with Gasteiger partial charge < -0.3 is 10.2 Å². The van der Waals surface area contributed by atoms with Crippen molar-refractivity contribution in [3.05, 3.63) is 69.3 Å². The molecule has 2 rings (SSSR count). The summed E-state index contributed by atoms with van der Waals surface area (Å²) >= 11 is 0. The van der Waals surface area contributed by atoms with Gasteiger partial charge in [0, 0.05) is 24.1 Å². The van der Waals surface area contributed by atoms with E-state index in [2.05, 4.69) is 0 Å². The molecule has 102 valence electrons. The first kappa shape index (κ1) is 13.5. The van der Waals surface area contributed by atoms with Gasteiger partial charge in [0.25, 0.3) is 5.69 Å². The average Bonchev–Trinajstić information content (AvgIpc) is 2.41. The Labute approximate surface area is 114 Å². The predicted octanol–water partition coefficient (Wildman–Crippen LogP) is 2.59. The van der Waals surface area contributed by atoms with Crippen molar-refractivity contribution in [1.82, 2.24) is 0 Å². The van der Waals surface area contributed by atoms with E-state index in [0.717, 1.165) is 11.6 Å². The molecule has 6 heteroatoms. The van der Waals surface area contributed by atoms with Gasteiger partial charge >= 0.3 is 5.97 Å². The highest BCUT2D eigenvalue weighted by molar-refractivity contribution is 5.92. The zero-order valence-corrected chi connectivity index (χ0v) is 10.3. The number of nitro groups is 1. The van der Waals surface area contributed by atoms with Crippen molar-refractivity contribution in [2.75, 3.05) is 0 Å². The second-order valence-electron chi connectivity index (χ2n) is 4.23. The SMILES string of the molecule is O=C(O)c1cc([N+](=O)[O-])cc(Cc2ccccc2)c1O. The Kier molecular flexibility index (Phi) is 3.65. The Balaban J connectivity index is 2.51. The van der Waals surface area contributed by atoms with E-state index >= 15 is 0 Å². The smallest absolute Gasteiger partial charge is 0.339 e. The van der Waals surface area contributed by atoms with Crippen LogP contribution in [0.2, 0.25) is 0 Å². The maximum Gasteiger partial charge on any atom is 0.339 e. The summed E-state index contributed by atoms with van der Waals surface area (Å²) in [4.78, 5) is 21.2. The van der Waals surface area contributed by atoms with E-state index < -0.39 is 22.2 Å². The monoisotopic (exact) mass is 273 g/mol. The minimum absolute atomic E-state index is 0.211. The number of rotatable bonds is 4. The summed E-state index contributed by atoms with van der Waals surface area (Å²) in [7, 11) is 0. The number of carboxylic acids is 1. The fraction of sp³-hybridized carbons (Fsp3) is 0.0714. The van der Waals surface area contributed by atoms with E-state index in [9.17, 15) is 20.0 Å². The molecular weight excluding hydrogens is 262 g/mol. The van der Waals surface area contributed by atoms with Crippen LogP contribution in [0.1, 0.15) is 21.5 Å². The highest BCUT2D eigenvalue weighted by Gasteiger charge is 2.20. The average molecular weight is 273 g/mol. The van der Waals surface area contributed by atoms with Crippen molar-refractivity contribution in [1.29, 1.82) is 0 Å². The molecule has 0 radical (unpaired) electrons. The maximum atomic E-state index is 11.0. The molecule has 6 nitrogen and oxygen atoms in total. The van der Waals surface area contributed by atoms with Gasteiger partial charge in [0.1, 0.15) is 11.3 Å². The highest BCUT2D eigenvalue weighted by atomic mass is 16.6. The van der Waals surface area contributed by atoms with E-state index in [-0.39, 0.29) is 17.7 Å². The normalized spacial score (nSPS) is 10.2. The number of nitro benzene ring substituents is 1. The Morgan fingerprint density at radius 2 is 1.85 bits per heavy atom. The molecule has 0 unspecified atom stereocenters. The standard InChI is InChI=1S/C14H11NO5/c16-13-10(6-9-4-2-1-3-5-9)7-11(15(19)20)8-12(13)14(17)18/h1-5,7-8,16H,6H2,(H,17,18). The van der Waals surface area contributed by atoms with Crippen LogP contribution in [0.3, 0.4) is 0 Å². The predicted molar refractivity (Wildman–Crippen MR) is 71.0 cm³/mol. The van der Waals surface area contributed by atoms with Crippen molar-refractivity contribution in [2.45, 2.75) is 6.42 Å². The lowest BCUT2D eigenvalue weighted by molar-refractivity contribution is -0.385. The first-order valence-corrected chi connectivity index (χ1v) is 5.76. The molecule has 0 fully saturated rings. The summed E-state index contributed by atoms with van der Waals surface area (Å²) in [6.07, 6.45) is 0.217. The zero-order chi connectivity index (χ0) is 14.7. The molecule has 0 spiro atoms. The van der Waals surface area contributed by atoms with Crippen LogP contribution in [0.4, 0.5) is 5.69 Å². The molecule has 0 saturated heterocycles. The summed E-state index contributed by atoms with van der Waals surface area (Å²) in [5.74, 6) is -1.84. The number of non-ortho nitro benzene ring substituents is 1. The van der Waals surface area contributed by atoms with Crippen LogP contribution in [-0.4, -0.2) is 21.1 Å². The number of benzene rings is 2. The topological polar surface area (TPSA) is 101 Å². The van der Waals surface area contributed by atoms with Crippen LogP contribution in [-0.2, 0) is 6.42 Å². The van der Waals surface area contributed by atoms with Crippen LogP contribution >= 0.6 is 0 Å². The molecule has 0 heterocycles. The fourth-order valence-corrected chi connectivity index (χ4v) is 1.90. The first-order valence-electron chi connectivity index (χ1n) is 5.76. The van der Waals surface area contributed by atoms with Crippen LogP contribution in [0.25, 0.3) is 0 Å². The minimum atomic E-state index is -1.40. The third kappa shape index (κ3) is 2.74. The van der Waals surface area contributed by atoms with Crippen LogP contribution in [0.5, 0.6) is 5.75 Å². The van der Waals surface area contributed by atoms with Gasteiger partial charge in [-0.3, -0.25) is 10.1 Å². The molecule has 0 saturated carbocycles. The largest absolute Gasteiger partial charge is 0.507 e. The summed E-state index contributed by atoms with van der Waals surface area (Å²) < 4.78 is 0. The molecule has 2 aromatic rings. The van der Waals surface area contributed by atoms with Crippen LogP contribution in [0.15, 0.2) is 42.5 Å². The number of phenols is 1. The van der Waals surface area contributed by atoms with Crippen LogP contribution in [0, 0.1) is 10.1 Å². The van der Waals surface area contributed by atoms with Gasteiger partial charge in [0.05, 0.1) is 4.92 Å². The molecule has 2 N–H and O–H groups in total. The third-order valence-corrected chi connectivity index (χ3v) is 2.85. The molecule has 0 atom stereocenters. The van der Waals surface area contributed by atoms with Crippen molar-refractivity contribution in [3.63, 3.8) is 0 Å². The summed E-state index contributed by atoms with van der Waals surface area (Å²) in [5, 5.41) is 29.7. The Morgan fingerprint density at radius 1 is 1.20 bits per heavy atom. The van der Waals surface area contributed by atoms with Gasteiger partial charge in [0.2, 0.25) is 0 Å². The van der Waals surface area contributed by atoms with E-state index in [1.807, 2.05) is 6.07 Å². The molecular formula is C14H11NO5. The van der Waals surface area contributed by atoms with E-state index in [4.69, 9.17) is 5.11 Å². The van der Waals surface area contributed by atoms with Crippen LogP contribution < -0.4 is 0 Å². The number of nitrogens with zero attached hydrogens (tertiary/aromatic N) is 1. The molecule has 2 aromatic carbocycles. The zero-order valence-electron chi connectivity index (χ0n) is 10.3. The second kappa shape index (κ2) is 5.40. The number of aromatic carboxylic acids is 1. The third-order valence-electron chi connectivity index (χ3n) is 2.85. The van der Waals surface area contributed by atoms with E-state index in [1.165, 1.54) is 6.07 Å². The van der Waals surface area contributed by atoms with Gasteiger partial charge in [-0.2, -0.15) is 0 Å². The van der Waals surface area contributed by atoms with Crippen molar-refractivity contribution < 1.29 is 19.9 Å². The summed E-state index contributed by atoms with van der Waals surface area (Å²) in [6, 6.07) is 11.0. The van der Waals surface area contributed by atoms with Gasteiger partial charge in [-0.1, -0.05) is 30.3 Å². The van der Waals surface area contributed by atoms with Gasteiger partial charge in [-0.15, -0.1) is 0 Å². The molecule has 0 amide bonds. The highest BCUT2D eigenvalue weighted by Crippen LogP contribution is 2.30. The maximum absolute atomic E-state index is 11.0. The summed E-state index contributed by atoms with van der Waals surface area (Å²) in [5.41, 5.74) is 0.207. The van der Waals surface area contributed by atoms with Crippen molar-refractivity contribution in [3.8, 4) is 5.75 Å². The Bertz CT molecular complexity index is 667. The number of hydrogen-bond donors (Lipinski definition) is 2. The van der Waals surface area contributed by atoms with Crippen molar-refractivity contribution in [2.24, 2.45) is 0 Å². The van der Waals surface area contributed by atoms with E-state index in [0.29, 0.717) is 0 Å². The lowest BCUT2D eigenvalue weighted by Crippen LogP contribution is -2.02. The number of hydrogen-bond acceptors (Lipinski definition) is 4. The molecule has 0 aromatic heterocycles. The van der Waals surface area contributed by atoms with E-state index in [1.54, 1.807) is 24.3 Å². The quantitative estimate of drug-likeness (QED) is 0.658. The van der Waals surface area contributed by atoms with Gasteiger partial charge in [-0.25, -0.2) is 4.79 Å². The number of aromatic hydroxyl groups is 1. The molecule has 0 bridgehead atoms. The lowest BCUT2D eigenvalue weighted by Gasteiger charge is -2.07. The molecule has 0 aliphatic rings. The Morgan fingerprint density at radius 3 is 2.40 bits per heavy atom. The van der Waals surface area contributed by atoms with Gasteiger partial charge in [-0.05, 0) is 5.56 Å². The minimum Gasteiger partial charge on any atom is -0.507 e. The molecule has 0 aliphatic heterocycles. The molecule has 20 heavy (non-hydrogen) atoms. The lowest BCUT2D eigenvalue weighted by atomic mass is 10.0. The first-order chi connectivity index (χ1) is 9.49. The number of carboxylic acid groups (broad SMARTS) is 1. The van der Waals surface area contributed by atoms with Crippen molar-refractivity contribution >= 4 is 11.7 Å². The second-order valence-corrected chi connectivity index (χ2v) is 4.23. The van der Waals surface area contributed by atoms with Gasteiger partial charge in [0.15, 0.2) is 0 Å². The fourth-order valence-electron chi connectivity index (χ4n) is 1.90. The Hall–Kier alpha value is -2.89. The molecule has 0 aliphatic carbocycles. The summed E-state index contributed by atoms with van der Waals surface area (Å²) in [6.45, 7) is 0. The number of carbonyl (C=O) groups is 1.